The second-order valence-corrected chi connectivity index (χ2v) is 18.1. The van der Waals surface area contributed by atoms with Gasteiger partial charge < -0.3 is 52.3 Å². The maximum absolute atomic E-state index is 12.9. The Bertz CT molecular complexity index is 2220. The number of phenols is 1. The number of hydrogen-bond donors (Lipinski definition) is 7. The van der Waals surface area contributed by atoms with Crippen LogP contribution in [0.3, 0.4) is 0 Å². The van der Waals surface area contributed by atoms with Crippen LogP contribution in [-0.2, 0) is 43.2 Å². The molecule has 5 rings (SSSR count). The number of carbonyl (C=O) groups excluding carboxylic acids is 3. The van der Waals surface area contributed by atoms with Crippen molar-refractivity contribution in [1.29, 1.82) is 0 Å². The van der Waals surface area contributed by atoms with Gasteiger partial charge in [-0.25, -0.2) is 14.4 Å². The summed E-state index contributed by atoms with van der Waals surface area (Å²) in [6, 6.07) is 17.7. The van der Waals surface area contributed by atoms with Crippen molar-refractivity contribution in [3.63, 3.8) is 0 Å². The van der Waals surface area contributed by atoms with Gasteiger partial charge in [0.15, 0.2) is 11.5 Å². The number of nitrogens with one attached hydrogen (secondary N) is 1. The molecule has 0 saturated carbocycles. The Morgan fingerprint density at radius 3 is 1.83 bits per heavy atom. The minimum absolute atomic E-state index is 0.160. The van der Waals surface area contributed by atoms with Crippen LogP contribution < -0.4 is 32.4 Å². The van der Waals surface area contributed by atoms with Gasteiger partial charge in [0.25, 0.3) is 0 Å². The molecular weight excluding hydrogens is 1200 g/mol. The quantitative estimate of drug-likeness (QED) is 0.0287. The van der Waals surface area contributed by atoms with Crippen LogP contribution in [0, 0.1) is 20.2 Å². The average molecular weight is 1240 g/mol. The molecule has 0 fully saturated rings. The molecule has 0 unspecified atom stereocenters. The number of aromatic nitrogens is 1. The van der Waals surface area contributed by atoms with Crippen LogP contribution in [0.2, 0.25) is 0 Å². The first-order valence-electron chi connectivity index (χ1n) is 17.5. The van der Waals surface area contributed by atoms with E-state index in [2.05, 4.69) is 95.3 Å². The molecular formula is C40H41I4N5O9. The summed E-state index contributed by atoms with van der Waals surface area (Å²) in [5.41, 5.74) is 26.9. The van der Waals surface area contributed by atoms with Gasteiger partial charge in [0.2, 0.25) is 0 Å². The van der Waals surface area contributed by atoms with Crippen molar-refractivity contribution in [2.24, 2.45) is 28.9 Å². The average Bonchev–Trinajstić information content (AvgIpc) is 3.57. The molecule has 0 amide bonds. The minimum atomic E-state index is -1.04. The molecule has 0 bridgehead atoms. The summed E-state index contributed by atoms with van der Waals surface area (Å²) in [6.07, 6.45) is 2.63. The highest BCUT2D eigenvalue weighted by atomic mass is 127. The number of H-pyrrole nitrogens is 1. The Labute approximate surface area is 389 Å². The molecule has 5 aromatic rings. The second kappa shape index (κ2) is 21.9. The van der Waals surface area contributed by atoms with E-state index in [1.54, 1.807) is 38.1 Å². The molecule has 11 N–H and O–H groups in total. The van der Waals surface area contributed by atoms with Gasteiger partial charge in [-0.2, -0.15) is 0 Å². The lowest BCUT2D eigenvalue weighted by Crippen LogP contribution is -2.42. The molecule has 4 aromatic carbocycles. The molecule has 0 aliphatic rings. The van der Waals surface area contributed by atoms with Crippen LogP contribution in [0.5, 0.6) is 23.0 Å². The van der Waals surface area contributed by atoms with Gasteiger partial charge in [0, 0.05) is 23.5 Å². The number of fused-ring (bicyclic) bond motifs is 1. The number of rotatable bonds is 14. The van der Waals surface area contributed by atoms with Crippen molar-refractivity contribution < 1.29 is 43.6 Å². The maximum atomic E-state index is 12.9. The number of para-hydroxylation sites is 1. The van der Waals surface area contributed by atoms with Crippen LogP contribution in [0.15, 0.2) is 79.0 Å². The van der Waals surface area contributed by atoms with E-state index in [9.17, 15) is 19.2 Å². The van der Waals surface area contributed by atoms with Crippen molar-refractivity contribution in [2.45, 2.75) is 57.3 Å². The zero-order valence-corrected chi connectivity index (χ0v) is 39.7. The number of halogens is 4. The molecule has 1 aromatic heterocycles. The van der Waals surface area contributed by atoms with E-state index in [-0.39, 0.29) is 24.5 Å². The Kier molecular flexibility index (Phi) is 18.0. The van der Waals surface area contributed by atoms with Crippen molar-refractivity contribution in [1.82, 2.24) is 4.98 Å². The third kappa shape index (κ3) is 13.4. The van der Waals surface area contributed by atoms with Crippen LogP contribution in [0.25, 0.3) is 10.9 Å². The number of ether oxygens (including phenoxy) is 3. The Morgan fingerprint density at radius 2 is 1.24 bits per heavy atom. The molecule has 0 aliphatic carbocycles. The number of carbonyl (C=O) groups is 4. The summed E-state index contributed by atoms with van der Waals surface area (Å²) in [5.74, 6) is -1.60. The standard InChI is InChI=1S/C31H30I4N4O6.C9H11NO3/c1-14(2)26(38)31(42)45-30(41)23(36)9-15-7-19(32)27(20(33)8-15)43-17-11-21(34)28(22(35)12-17)44-29(40)24(37)10-16-13-39-25-6-4-3-5-18(16)25;10-8(9(12)13)5-6-1-3-7(11)4-2-6/h3-8,11-14,23-24,26,39H,9-10,36-38H2,1-2H3;1-4,8,11H,5,10H2,(H,12,13)/t23-,24-,26-;8-/m00/s1. The number of carboxylic acid groups (broad SMARTS) is 1. The molecule has 0 radical (unpaired) electrons. The zero-order valence-electron chi connectivity index (χ0n) is 31.1. The number of esters is 3. The van der Waals surface area contributed by atoms with Gasteiger partial charge in [-0.15, -0.1) is 0 Å². The summed E-state index contributed by atoms with van der Waals surface area (Å²) in [6.45, 7) is 3.53. The number of phenolic OH excluding ortho intramolecular Hbond substituents is 1. The SMILES string of the molecule is CC(C)[C@H](N)C(=O)OC(=O)[C@@H](N)Cc1cc(I)c(Oc2cc(I)c(OC(=O)[C@@H](N)Cc3c[nH]c4ccccc34)c(I)c2)c(I)c1.N[C@@H](Cc1ccc(O)cc1)C(=O)O. The van der Waals surface area contributed by atoms with E-state index in [0.29, 0.717) is 30.8 Å². The topological polar surface area (TPSA) is 256 Å². The highest BCUT2D eigenvalue weighted by Gasteiger charge is 2.26. The molecule has 18 heteroatoms. The first-order chi connectivity index (χ1) is 27.3. The Hall–Kier alpha value is -3.14. The number of hydrogen-bond acceptors (Lipinski definition) is 12. The van der Waals surface area contributed by atoms with Crippen LogP contribution in [-0.4, -0.2) is 63.2 Å². The summed E-state index contributed by atoms with van der Waals surface area (Å²) in [5, 5.41) is 18.5. The fraction of sp³-hybridized carbons (Fsp3) is 0.250. The number of nitrogens with two attached hydrogens (primary N) is 4. The van der Waals surface area contributed by atoms with Crippen LogP contribution in [0.1, 0.15) is 30.5 Å². The molecule has 1 heterocycles. The first kappa shape index (κ1) is 47.5. The van der Waals surface area contributed by atoms with Crippen molar-refractivity contribution in [3.05, 3.63) is 110 Å². The predicted octanol–water partition coefficient (Wildman–Crippen LogP) is 6.12. The Balaban J connectivity index is 0.000000486. The molecule has 4 atom stereocenters. The van der Waals surface area contributed by atoms with Crippen LogP contribution >= 0.6 is 90.4 Å². The minimum Gasteiger partial charge on any atom is -0.508 e. The number of benzene rings is 4. The van der Waals surface area contributed by atoms with Gasteiger partial charge in [-0.3, -0.25) is 4.79 Å². The smallest absolute Gasteiger partial charge is 0.330 e. The molecule has 308 valence electrons. The summed E-state index contributed by atoms with van der Waals surface area (Å²) < 4.78 is 19.8. The summed E-state index contributed by atoms with van der Waals surface area (Å²) in [4.78, 5) is 51.0. The molecule has 0 spiro atoms. The first-order valence-corrected chi connectivity index (χ1v) is 21.9. The lowest BCUT2D eigenvalue weighted by molar-refractivity contribution is -0.162. The van der Waals surface area contributed by atoms with Gasteiger partial charge in [0.1, 0.15) is 35.7 Å². The maximum Gasteiger partial charge on any atom is 0.330 e. The number of aromatic hydroxyl groups is 1. The second-order valence-electron chi connectivity index (χ2n) is 13.4. The van der Waals surface area contributed by atoms with Gasteiger partial charge >= 0.3 is 23.9 Å². The predicted molar refractivity (Wildman–Crippen MR) is 252 cm³/mol. The fourth-order valence-electron chi connectivity index (χ4n) is 5.26. The van der Waals surface area contributed by atoms with Gasteiger partial charge in [0.05, 0.1) is 14.3 Å². The van der Waals surface area contributed by atoms with Crippen molar-refractivity contribution in [2.75, 3.05) is 0 Å². The fourth-order valence-corrected chi connectivity index (χ4v) is 9.31. The third-order valence-corrected chi connectivity index (χ3v) is 11.7. The van der Waals surface area contributed by atoms with E-state index >= 15 is 0 Å². The van der Waals surface area contributed by atoms with Crippen molar-refractivity contribution in [3.8, 4) is 23.0 Å². The summed E-state index contributed by atoms with van der Waals surface area (Å²) in [7, 11) is 0. The zero-order chi connectivity index (χ0) is 42.8. The van der Waals surface area contributed by atoms with Gasteiger partial charge in [-0.1, -0.05) is 44.2 Å². The van der Waals surface area contributed by atoms with Gasteiger partial charge in [-0.05, 0) is 168 Å². The number of aromatic amines is 1. The normalized spacial score (nSPS) is 13.2. The Morgan fingerprint density at radius 1 is 0.690 bits per heavy atom. The molecule has 58 heavy (non-hydrogen) atoms. The molecule has 0 aliphatic heterocycles. The largest absolute Gasteiger partial charge is 0.508 e. The monoisotopic (exact) mass is 1240 g/mol. The van der Waals surface area contributed by atoms with E-state index in [0.717, 1.165) is 34.7 Å². The molecule has 14 nitrogen and oxygen atoms in total. The summed E-state index contributed by atoms with van der Waals surface area (Å²) >= 11 is 8.51. The van der Waals surface area contributed by atoms with E-state index in [4.69, 9.17) is 47.4 Å². The van der Waals surface area contributed by atoms with E-state index < -0.39 is 48.0 Å². The highest BCUT2D eigenvalue weighted by Crippen LogP contribution is 2.38. The third-order valence-electron chi connectivity index (χ3n) is 8.53. The lowest BCUT2D eigenvalue weighted by atomic mass is 10.1. The number of carboxylic acids is 1. The van der Waals surface area contributed by atoms with Crippen molar-refractivity contribution >= 4 is 125 Å². The lowest BCUT2D eigenvalue weighted by Gasteiger charge is -2.17. The van der Waals surface area contributed by atoms with E-state index in [1.807, 2.05) is 42.6 Å². The molecule has 0 saturated heterocycles. The number of aliphatic carboxylic acids is 1. The highest BCUT2D eigenvalue weighted by molar-refractivity contribution is 14.1. The van der Waals surface area contributed by atoms with E-state index in [1.165, 1.54) is 12.1 Å². The van der Waals surface area contributed by atoms with Crippen LogP contribution in [0.4, 0.5) is 0 Å².